The lowest BCUT2D eigenvalue weighted by atomic mass is 10.00. The minimum atomic E-state index is -0.818. The average Bonchev–Trinajstić information content (AvgIpc) is 2.66. The van der Waals surface area contributed by atoms with Crippen molar-refractivity contribution in [1.29, 1.82) is 0 Å². The highest BCUT2D eigenvalue weighted by Gasteiger charge is 2.25. The molecular formula is C20H18O7. The third-order valence-corrected chi connectivity index (χ3v) is 4.22. The molecule has 3 aromatic rings. The van der Waals surface area contributed by atoms with Crippen LogP contribution in [0.1, 0.15) is 23.0 Å². The molecule has 7 heteroatoms. The van der Waals surface area contributed by atoms with E-state index in [2.05, 4.69) is 0 Å². The zero-order valence-corrected chi connectivity index (χ0v) is 15.0. The van der Waals surface area contributed by atoms with E-state index in [9.17, 15) is 19.8 Å². The quantitative estimate of drug-likeness (QED) is 0.678. The van der Waals surface area contributed by atoms with Crippen LogP contribution >= 0.6 is 0 Å². The van der Waals surface area contributed by atoms with Crippen LogP contribution in [-0.2, 0) is 4.74 Å². The Balaban J connectivity index is 2.40. The second-order valence-corrected chi connectivity index (χ2v) is 5.83. The molecule has 140 valence electrons. The number of hydrogen-bond acceptors (Lipinski definition) is 7. The molecule has 0 unspecified atom stereocenters. The Labute approximate surface area is 154 Å². The topological polar surface area (TPSA) is 106 Å². The van der Waals surface area contributed by atoms with Crippen LogP contribution in [-0.4, -0.2) is 29.9 Å². The number of fused-ring (bicyclic) bond motifs is 1. The summed E-state index contributed by atoms with van der Waals surface area (Å²) < 4.78 is 15.7. The van der Waals surface area contributed by atoms with Gasteiger partial charge in [-0.2, -0.15) is 0 Å². The van der Waals surface area contributed by atoms with E-state index in [4.69, 9.17) is 13.9 Å². The van der Waals surface area contributed by atoms with E-state index in [-0.39, 0.29) is 40.2 Å². The molecule has 0 aliphatic carbocycles. The maximum atomic E-state index is 13.2. The fraction of sp³-hybridized carbons (Fsp3) is 0.200. The Hall–Kier alpha value is -3.48. The van der Waals surface area contributed by atoms with Crippen LogP contribution < -0.4 is 10.2 Å². The van der Waals surface area contributed by atoms with Gasteiger partial charge in [-0.15, -0.1) is 0 Å². The lowest BCUT2D eigenvalue weighted by Crippen LogP contribution is -2.15. The summed E-state index contributed by atoms with van der Waals surface area (Å²) >= 11 is 0. The number of benzene rings is 2. The van der Waals surface area contributed by atoms with Crippen molar-refractivity contribution >= 4 is 16.9 Å². The number of esters is 1. The van der Waals surface area contributed by atoms with Gasteiger partial charge in [0.2, 0.25) is 11.2 Å². The van der Waals surface area contributed by atoms with Crippen LogP contribution in [0.4, 0.5) is 0 Å². The highest BCUT2D eigenvalue weighted by molar-refractivity contribution is 5.99. The van der Waals surface area contributed by atoms with Crippen molar-refractivity contribution in [3.8, 4) is 28.4 Å². The molecule has 3 rings (SSSR count). The van der Waals surface area contributed by atoms with E-state index in [1.807, 2.05) is 0 Å². The number of methoxy groups -OCH3 is 1. The first kappa shape index (κ1) is 18.3. The molecule has 0 atom stereocenters. The monoisotopic (exact) mass is 370 g/mol. The first-order chi connectivity index (χ1) is 12.9. The summed E-state index contributed by atoms with van der Waals surface area (Å²) in [7, 11) is 1.51. The number of rotatable bonds is 4. The first-order valence-corrected chi connectivity index (χ1v) is 8.22. The molecule has 0 aliphatic heterocycles. The molecule has 0 saturated carbocycles. The summed E-state index contributed by atoms with van der Waals surface area (Å²) in [5.74, 6) is -1.20. The average molecular weight is 370 g/mol. The van der Waals surface area contributed by atoms with Gasteiger partial charge in [0.15, 0.2) is 0 Å². The number of carbonyl (C=O) groups is 1. The molecule has 0 amide bonds. The third-order valence-electron chi connectivity index (χ3n) is 4.22. The van der Waals surface area contributed by atoms with Crippen molar-refractivity contribution < 1.29 is 28.9 Å². The molecule has 7 nitrogen and oxygen atoms in total. The summed E-state index contributed by atoms with van der Waals surface area (Å²) in [5, 5.41) is 20.1. The molecule has 0 radical (unpaired) electrons. The van der Waals surface area contributed by atoms with Gasteiger partial charge in [-0.05, 0) is 31.5 Å². The van der Waals surface area contributed by atoms with Crippen LogP contribution in [0.25, 0.3) is 22.1 Å². The predicted octanol–water partition coefficient (Wildman–Crippen LogP) is 3.36. The van der Waals surface area contributed by atoms with Gasteiger partial charge in [-0.1, -0.05) is 12.1 Å². The van der Waals surface area contributed by atoms with Gasteiger partial charge in [-0.3, -0.25) is 4.79 Å². The van der Waals surface area contributed by atoms with Crippen molar-refractivity contribution in [1.82, 2.24) is 0 Å². The minimum absolute atomic E-state index is 0.0380. The Morgan fingerprint density at radius 1 is 1.19 bits per heavy atom. The highest BCUT2D eigenvalue weighted by atomic mass is 16.5. The molecule has 0 saturated heterocycles. The molecule has 2 N–H and O–H groups in total. The van der Waals surface area contributed by atoms with Gasteiger partial charge in [0.25, 0.3) is 0 Å². The van der Waals surface area contributed by atoms with Gasteiger partial charge in [0.1, 0.15) is 28.2 Å². The van der Waals surface area contributed by atoms with E-state index in [1.54, 1.807) is 31.2 Å². The summed E-state index contributed by atoms with van der Waals surface area (Å²) in [6, 6.07) is 7.66. The van der Waals surface area contributed by atoms with Crippen LogP contribution in [0.3, 0.4) is 0 Å². The van der Waals surface area contributed by atoms with Crippen molar-refractivity contribution in [2.24, 2.45) is 0 Å². The molecule has 27 heavy (non-hydrogen) atoms. The van der Waals surface area contributed by atoms with Crippen LogP contribution in [0.15, 0.2) is 39.5 Å². The fourth-order valence-corrected chi connectivity index (χ4v) is 2.78. The Kier molecular flexibility index (Phi) is 4.77. The van der Waals surface area contributed by atoms with Crippen molar-refractivity contribution in [2.75, 3.05) is 13.7 Å². The van der Waals surface area contributed by atoms with E-state index in [1.165, 1.54) is 20.1 Å². The van der Waals surface area contributed by atoms with E-state index in [0.29, 0.717) is 11.3 Å². The smallest absolute Gasteiger partial charge is 0.375 e. The Bertz CT molecular complexity index is 1080. The molecule has 0 aliphatic rings. The molecule has 2 aromatic carbocycles. The SMILES string of the molecule is CCOC(=O)c1oc2cc(O)c(C)c(O)c2c(=O)c1-c1ccc(OC)cc1. The third kappa shape index (κ3) is 3.08. The second-order valence-electron chi connectivity index (χ2n) is 5.83. The molecule has 1 heterocycles. The van der Waals surface area contributed by atoms with Crippen molar-refractivity contribution in [3.05, 3.63) is 51.9 Å². The van der Waals surface area contributed by atoms with Crippen molar-refractivity contribution in [2.45, 2.75) is 13.8 Å². The van der Waals surface area contributed by atoms with E-state index >= 15 is 0 Å². The normalized spacial score (nSPS) is 10.8. The van der Waals surface area contributed by atoms with E-state index in [0.717, 1.165) is 0 Å². The van der Waals surface area contributed by atoms with Gasteiger partial charge in [0, 0.05) is 11.6 Å². The molecule has 0 spiro atoms. The highest BCUT2D eigenvalue weighted by Crippen LogP contribution is 2.36. The van der Waals surface area contributed by atoms with Gasteiger partial charge in [-0.25, -0.2) is 4.79 Å². The number of phenolic OH excluding ortho intramolecular Hbond substituents is 2. The Morgan fingerprint density at radius 3 is 2.44 bits per heavy atom. The van der Waals surface area contributed by atoms with Gasteiger partial charge < -0.3 is 24.1 Å². The zero-order chi connectivity index (χ0) is 19.7. The summed E-state index contributed by atoms with van der Waals surface area (Å²) in [5.41, 5.74) is -0.214. The number of aromatic hydroxyl groups is 2. The van der Waals surface area contributed by atoms with Crippen molar-refractivity contribution in [3.63, 3.8) is 0 Å². The minimum Gasteiger partial charge on any atom is -0.507 e. The van der Waals surface area contributed by atoms with Crippen LogP contribution in [0.2, 0.25) is 0 Å². The fourth-order valence-electron chi connectivity index (χ4n) is 2.78. The van der Waals surface area contributed by atoms with Crippen LogP contribution in [0, 0.1) is 6.92 Å². The van der Waals surface area contributed by atoms with E-state index < -0.39 is 17.1 Å². The first-order valence-electron chi connectivity index (χ1n) is 8.22. The van der Waals surface area contributed by atoms with Gasteiger partial charge >= 0.3 is 5.97 Å². The largest absolute Gasteiger partial charge is 0.507 e. The summed E-state index contributed by atoms with van der Waals surface area (Å²) in [4.78, 5) is 25.5. The number of hydrogen-bond donors (Lipinski definition) is 2. The maximum Gasteiger partial charge on any atom is 0.375 e. The lowest BCUT2D eigenvalue weighted by molar-refractivity contribution is 0.0492. The molecule has 0 bridgehead atoms. The summed E-state index contributed by atoms with van der Waals surface area (Å²) in [6.45, 7) is 3.19. The summed E-state index contributed by atoms with van der Waals surface area (Å²) in [6.07, 6.45) is 0. The second kappa shape index (κ2) is 7.03. The maximum absolute atomic E-state index is 13.2. The molecular weight excluding hydrogens is 352 g/mol. The number of ether oxygens (including phenoxy) is 2. The number of carbonyl (C=O) groups excluding carboxylic acids is 1. The standard InChI is InChI=1S/C20H18O7/c1-4-26-20(24)19-15(11-5-7-12(25-3)8-6-11)18(23)16-14(27-19)9-13(21)10(2)17(16)22/h5-9,21-22H,4H2,1-3H3. The lowest BCUT2D eigenvalue weighted by Gasteiger charge is -2.12. The predicted molar refractivity (Wildman–Crippen MR) is 98.5 cm³/mol. The number of phenols is 2. The molecule has 0 fully saturated rings. The van der Waals surface area contributed by atoms with Crippen LogP contribution in [0.5, 0.6) is 17.2 Å². The zero-order valence-electron chi connectivity index (χ0n) is 15.0. The molecule has 1 aromatic heterocycles. The van der Waals surface area contributed by atoms with Gasteiger partial charge in [0.05, 0.1) is 19.3 Å². The Morgan fingerprint density at radius 2 is 1.85 bits per heavy atom.